The largest absolute Gasteiger partial charge is 0.380 e. The fraction of sp³-hybridized carbons (Fsp3) is 1.00. The number of likely N-dealkylation sites (tertiary alicyclic amines) is 2. The summed E-state index contributed by atoms with van der Waals surface area (Å²) in [6.45, 7) is 5.34. The lowest BCUT2D eigenvalue weighted by atomic mass is 9.85. The number of ether oxygens (including phenoxy) is 1. The van der Waals surface area contributed by atoms with Gasteiger partial charge in [-0.05, 0) is 45.8 Å². The number of hydrogen-bond donors (Lipinski definition) is 1. The molecular weight excluding hydrogens is 214 g/mol. The molecule has 0 aromatic heterocycles. The Labute approximate surface area is 105 Å². The lowest BCUT2D eigenvalue weighted by molar-refractivity contribution is -0.0412. The van der Waals surface area contributed by atoms with Crippen molar-refractivity contribution in [1.82, 2.24) is 9.80 Å². The molecule has 0 amide bonds. The molecule has 0 aromatic rings. The standard InChI is InChI=1S/C13H27N3O/c1-15-7-4-6-13(10-14,11-15)16-8-3-5-12(9-16)17-2/h12H,3-11,14H2,1-2H3. The molecule has 0 spiro atoms. The first kappa shape index (κ1) is 13.3. The van der Waals surface area contributed by atoms with E-state index in [-0.39, 0.29) is 5.54 Å². The average Bonchev–Trinajstić information content (AvgIpc) is 2.38. The normalized spacial score (nSPS) is 37.2. The van der Waals surface area contributed by atoms with E-state index in [4.69, 9.17) is 10.5 Å². The minimum Gasteiger partial charge on any atom is -0.380 e. The van der Waals surface area contributed by atoms with Crippen molar-refractivity contribution in [1.29, 1.82) is 0 Å². The molecule has 0 aliphatic carbocycles. The van der Waals surface area contributed by atoms with Crippen LogP contribution in [0.2, 0.25) is 0 Å². The molecule has 17 heavy (non-hydrogen) atoms. The maximum atomic E-state index is 6.11. The van der Waals surface area contributed by atoms with E-state index in [1.54, 1.807) is 0 Å². The van der Waals surface area contributed by atoms with Crippen LogP contribution < -0.4 is 5.73 Å². The lowest BCUT2D eigenvalue weighted by Gasteiger charge is -2.51. The van der Waals surface area contributed by atoms with Crippen molar-refractivity contribution < 1.29 is 4.74 Å². The summed E-state index contributed by atoms with van der Waals surface area (Å²) in [7, 11) is 4.04. The van der Waals surface area contributed by atoms with Gasteiger partial charge in [0.15, 0.2) is 0 Å². The maximum absolute atomic E-state index is 6.11. The Morgan fingerprint density at radius 1 is 1.35 bits per heavy atom. The number of likely N-dealkylation sites (N-methyl/N-ethyl adjacent to an activating group) is 1. The van der Waals surface area contributed by atoms with Crippen LogP contribution in [-0.2, 0) is 4.74 Å². The highest BCUT2D eigenvalue weighted by atomic mass is 16.5. The predicted octanol–water partition coefficient (Wildman–Crippen LogP) is 0.520. The number of rotatable bonds is 3. The fourth-order valence-electron chi connectivity index (χ4n) is 3.45. The number of nitrogens with two attached hydrogens (primary N) is 1. The van der Waals surface area contributed by atoms with Crippen molar-refractivity contribution in [3.8, 4) is 0 Å². The first-order valence-electron chi connectivity index (χ1n) is 6.87. The van der Waals surface area contributed by atoms with E-state index in [1.165, 1.54) is 38.8 Å². The zero-order chi connectivity index (χ0) is 12.3. The molecule has 100 valence electrons. The van der Waals surface area contributed by atoms with Gasteiger partial charge in [-0.25, -0.2) is 0 Å². The molecule has 2 fully saturated rings. The molecule has 2 saturated heterocycles. The average molecular weight is 241 g/mol. The summed E-state index contributed by atoms with van der Waals surface area (Å²) in [4.78, 5) is 5.02. The van der Waals surface area contributed by atoms with Gasteiger partial charge < -0.3 is 15.4 Å². The Kier molecular flexibility index (Phi) is 4.42. The van der Waals surface area contributed by atoms with Crippen LogP contribution in [0.25, 0.3) is 0 Å². The van der Waals surface area contributed by atoms with Crippen LogP contribution in [0.4, 0.5) is 0 Å². The van der Waals surface area contributed by atoms with Crippen LogP contribution >= 0.6 is 0 Å². The van der Waals surface area contributed by atoms with Crippen molar-refractivity contribution in [2.45, 2.75) is 37.3 Å². The Morgan fingerprint density at radius 3 is 2.82 bits per heavy atom. The summed E-state index contributed by atoms with van der Waals surface area (Å²) in [5.74, 6) is 0. The molecule has 4 nitrogen and oxygen atoms in total. The smallest absolute Gasteiger partial charge is 0.0698 e. The predicted molar refractivity (Wildman–Crippen MR) is 70.1 cm³/mol. The Hall–Kier alpha value is -0.160. The van der Waals surface area contributed by atoms with E-state index in [0.717, 1.165) is 19.6 Å². The van der Waals surface area contributed by atoms with Crippen molar-refractivity contribution in [2.75, 3.05) is 46.9 Å². The fourth-order valence-corrected chi connectivity index (χ4v) is 3.45. The van der Waals surface area contributed by atoms with Gasteiger partial charge in [0.1, 0.15) is 0 Å². The van der Waals surface area contributed by atoms with Gasteiger partial charge in [-0.15, -0.1) is 0 Å². The minimum atomic E-state index is 0.199. The van der Waals surface area contributed by atoms with Crippen LogP contribution in [0, 0.1) is 0 Å². The summed E-state index contributed by atoms with van der Waals surface area (Å²) in [5.41, 5.74) is 6.31. The van der Waals surface area contributed by atoms with Gasteiger partial charge in [-0.1, -0.05) is 0 Å². The molecular formula is C13H27N3O. The Balaban J connectivity index is 2.05. The van der Waals surface area contributed by atoms with Gasteiger partial charge in [0.05, 0.1) is 6.10 Å². The van der Waals surface area contributed by atoms with Crippen molar-refractivity contribution in [2.24, 2.45) is 5.73 Å². The Bertz CT molecular complexity index is 249. The molecule has 2 atom stereocenters. The van der Waals surface area contributed by atoms with Crippen LogP contribution in [-0.4, -0.2) is 68.3 Å². The SMILES string of the molecule is COC1CCCN(C2(CN)CCCN(C)C2)C1. The number of methoxy groups -OCH3 is 1. The third-order valence-electron chi connectivity index (χ3n) is 4.51. The summed E-state index contributed by atoms with van der Waals surface area (Å²) in [5, 5.41) is 0. The molecule has 0 radical (unpaired) electrons. The number of piperidine rings is 2. The zero-order valence-corrected chi connectivity index (χ0v) is 11.3. The van der Waals surface area contributed by atoms with E-state index >= 15 is 0 Å². The van der Waals surface area contributed by atoms with Crippen molar-refractivity contribution in [3.05, 3.63) is 0 Å². The zero-order valence-electron chi connectivity index (χ0n) is 11.3. The molecule has 2 aliphatic heterocycles. The topological polar surface area (TPSA) is 41.7 Å². The lowest BCUT2D eigenvalue weighted by Crippen LogP contribution is -2.64. The number of nitrogens with zero attached hydrogens (tertiary/aromatic N) is 2. The first-order valence-corrected chi connectivity index (χ1v) is 6.87. The second kappa shape index (κ2) is 5.65. The van der Waals surface area contributed by atoms with Gasteiger partial charge in [-0.3, -0.25) is 4.90 Å². The summed E-state index contributed by atoms with van der Waals surface area (Å²) < 4.78 is 5.53. The first-order chi connectivity index (χ1) is 8.20. The van der Waals surface area contributed by atoms with Crippen LogP contribution in [0.1, 0.15) is 25.7 Å². The van der Waals surface area contributed by atoms with E-state index in [1.807, 2.05) is 7.11 Å². The second-order valence-electron chi connectivity index (χ2n) is 5.72. The highest BCUT2D eigenvalue weighted by Gasteiger charge is 2.40. The van der Waals surface area contributed by atoms with E-state index in [0.29, 0.717) is 6.10 Å². The summed E-state index contributed by atoms with van der Waals surface area (Å²) >= 11 is 0. The van der Waals surface area contributed by atoms with E-state index in [9.17, 15) is 0 Å². The van der Waals surface area contributed by atoms with Gasteiger partial charge >= 0.3 is 0 Å². The molecule has 2 unspecified atom stereocenters. The molecule has 2 heterocycles. The van der Waals surface area contributed by atoms with Gasteiger partial charge in [0.25, 0.3) is 0 Å². The quantitative estimate of drug-likeness (QED) is 0.782. The summed E-state index contributed by atoms with van der Waals surface area (Å²) in [6, 6.07) is 0. The van der Waals surface area contributed by atoms with E-state index in [2.05, 4.69) is 16.8 Å². The van der Waals surface area contributed by atoms with Crippen LogP contribution in [0.3, 0.4) is 0 Å². The third kappa shape index (κ3) is 2.81. The third-order valence-corrected chi connectivity index (χ3v) is 4.51. The Morgan fingerprint density at radius 2 is 2.18 bits per heavy atom. The molecule has 2 aliphatic rings. The highest BCUT2D eigenvalue weighted by molar-refractivity contribution is 4.98. The molecule has 0 saturated carbocycles. The van der Waals surface area contributed by atoms with Gasteiger partial charge in [0, 0.05) is 32.3 Å². The van der Waals surface area contributed by atoms with Crippen LogP contribution in [0.5, 0.6) is 0 Å². The maximum Gasteiger partial charge on any atom is 0.0698 e. The van der Waals surface area contributed by atoms with Gasteiger partial charge in [0.2, 0.25) is 0 Å². The molecule has 2 N–H and O–H groups in total. The monoisotopic (exact) mass is 241 g/mol. The summed E-state index contributed by atoms with van der Waals surface area (Å²) in [6.07, 6.45) is 5.35. The molecule has 0 bridgehead atoms. The molecule has 0 aromatic carbocycles. The molecule has 2 rings (SSSR count). The van der Waals surface area contributed by atoms with E-state index < -0.39 is 0 Å². The van der Waals surface area contributed by atoms with Gasteiger partial charge in [-0.2, -0.15) is 0 Å². The van der Waals surface area contributed by atoms with Crippen LogP contribution in [0.15, 0.2) is 0 Å². The second-order valence-corrected chi connectivity index (χ2v) is 5.72. The minimum absolute atomic E-state index is 0.199. The van der Waals surface area contributed by atoms with Crippen molar-refractivity contribution in [3.63, 3.8) is 0 Å². The highest BCUT2D eigenvalue weighted by Crippen LogP contribution is 2.29. The van der Waals surface area contributed by atoms with Crippen molar-refractivity contribution >= 4 is 0 Å². The number of hydrogen-bond acceptors (Lipinski definition) is 4. The molecule has 4 heteroatoms.